The quantitative estimate of drug-likeness (QED) is 0.114. The van der Waals surface area contributed by atoms with E-state index in [1.807, 2.05) is 13.8 Å². The summed E-state index contributed by atoms with van der Waals surface area (Å²) in [4.78, 5) is 31.5. The zero-order valence-corrected chi connectivity index (χ0v) is 37.4. The lowest BCUT2D eigenvalue weighted by Gasteiger charge is -2.20. The number of ether oxygens (including phenoxy) is 2. The standard InChI is InChI=1S/2C24H27FN2O2.2ClH.H2O/c2*1-16-23(24(28)17-6-9-20(29-3)10-7-17)21-15-18(25)8-11-22(21)27(16)14-12-19-5-4-13-26(19)2;;;/h2*6-11,15,19H,4-5,12-14H2,1-3H3;2*1H;1H2. The van der Waals surface area contributed by atoms with Gasteiger partial charge < -0.3 is 33.9 Å². The van der Waals surface area contributed by atoms with Crippen molar-refractivity contribution in [3.05, 3.63) is 130 Å². The summed E-state index contributed by atoms with van der Waals surface area (Å²) in [5.74, 6) is 0.581. The molecule has 2 aromatic heterocycles. The molecule has 2 unspecified atom stereocenters. The highest BCUT2D eigenvalue weighted by molar-refractivity contribution is 6.18. The number of halogens is 4. The average Bonchev–Trinajstić information content (AvgIpc) is 3.98. The number of rotatable bonds is 12. The van der Waals surface area contributed by atoms with Crippen molar-refractivity contribution in [2.24, 2.45) is 0 Å². The summed E-state index contributed by atoms with van der Waals surface area (Å²) in [6, 6.07) is 24.8. The zero-order valence-electron chi connectivity index (χ0n) is 35.8. The summed E-state index contributed by atoms with van der Waals surface area (Å²) < 4.78 is 42.9. The van der Waals surface area contributed by atoms with Gasteiger partial charge in [0.1, 0.15) is 23.1 Å². The van der Waals surface area contributed by atoms with Crippen LogP contribution in [-0.2, 0) is 13.1 Å². The fourth-order valence-electron chi connectivity index (χ4n) is 9.08. The Morgan fingerprint density at radius 1 is 0.607 bits per heavy atom. The molecule has 2 atom stereocenters. The molecular formula is C48H58Cl2F2N4O5. The van der Waals surface area contributed by atoms with E-state index in [0.717, 1.165) is 61.4 Å². The number of fused-ring (bicyclic) bond motifs is 2. The molecule has 2 N–H and O–H groups in total. The maximum atomic E-state index is 14.1. The molecule has 4 aromatic carbocycles. The first-order chi connectivity index (χ1) is 28.0. The SMILES string of the molecule is COc1ccc(C(=O)c2c(C)n(CCC3CCCN3C)c3ccc(F)cc23)cc1.COc1ccc(C(=O)c2c(C)n(CCC3CCCN3C)c3ccc(F)cc23)cc1.Cl.Cl.O. The van der Waals surface area contributed by atoms with Gasteiger partial charge in [0.2, 0.25) is 0 Å². The molecule has 13 heteroatoms. The van der Waals surface area contributed by atoms with Crippen LogP contribution in [-0.4, -0.2) is 89.5 Å². The molecule has 2 saturated heterocycles. The number of ketones is 2. The lowest BCUT2D eigenvalue weighted by Crippen LogP contribution is -2.26. The van der Waals surface area contributed by atoms with Crippen LogP contribution in [0, 0.1) is 25.5 Å². The summed E-state index contributed by atoms with van der Waals surface area (Å²) >= 11 is 0. The van der Waals surface area contributed by atoms with Crippen molar-refractivity contribution in [1.29, 1.82) is 0 Å². The number of nitrogens with zero attached hydrogens (tertiary/aromatic N) is 4. The van der Waals surface area contributed by atoms with Crippen molar-refractivity contribution in [2.45, 2.75) is 77.5 Å². The van der Waals surface area contributed by atoms with E-state index in [4.69, 9.17) is 9.47 Å². The Bertz CT molecular complexity index is 2260. The monoisotopic (exact) mass is 878 g/mol. The Kier molecular flexibility index (Phi) is 17.1. The van der Waals surface area contributed by atoms with Crippen molar-refractivity contribution >= 4 is 58.2 Å². The highest BCUT2D eigenvalue weighted by Gasteiger charge is 2.26. The van der Waals surface area contributed by atoms with Crippen LogP contribution in [0.5, 0.6) is 11.5 Å². The molecule has 2 aliphatic heterocycles. The molecule has 9 nitrogen and oxygen atoms in total. The largest absolute Gasteiger partial charge is 0.497 e. The molecule has 2 fully saturated rings. The fourth-order valence-corrected chi connectivity index (χ4v) is 9.08. The van der Waals surface area contributed by atoms with E-state index in [1.54, 1.807) is 74.9 Å². The number of carbonyl (C=O) groups excluding carboxylic acids is 2. The van der Waals surface area contributed by atoms with E-state index in [2.05, 4.69) is 33.0 Å². The lowest BCUT2D eigenvalue weighted by atomic mass is 10.0. The van der Waals surface area contributed by atoms with Gasteiger partial charge in [-0.2, -0.15) is 0 Å². The second-order valence-electron chi connectivity index (χ2n) is 15.8. The van der Waals surface area contributed by atoms with Crippen LogP contribution in [0.15, 0.2) is 84.9 Å². The lowest BCUT2D eigenvalue weighted by molar-refractivity contribution is 0.103. The Morgan fingerprint density at radius 2 is 0.967 bits per heavy atom. The van der Waals surface area contributed by atoms with Gasteiger partial charge in [-0.3, -0.25) is 9.59 Å². The van der Waals surface area contributed by atoms with E-state index in [9.17, 15) is 18.4 Å². The predicted molar refractivity (Wildman–Crippen MR) is 245 cm³/mol. The molecule has 328 valence electrons. The minimum absolute atomic E-state index is 0. The maximum Gasteiger partial charge on any atom is 0.195 e. The van der Waals surface area contributed by atoms with Crippen molar-refractivity contribution in [1.82, 2.24) is 18.9 Å². The van der Waals surface area contributed by atoms with E-state index >= 15 is 0 Å². The number of carbonyl (C=O) groups is 2. The van der Waals surface area contributed by atoms with Gasteiger partial charge >= 0.3 is 0 Å². The van der Waals surface area contributed by atoms with E-state index in [0.29, 0.717) is 56.6 Å². The minimum Gasteiger partial charge on any atom is -0.497 e. The molecule has 8 rings (SSSR count). The second-order valence-corrected chi connectivity index (χ2v) is 15.8. The van der Waals surface area contributed by atoms with Gasteiger partial charge in [0, 0.05) is 69.5 Å². The molecule has 4 heterocycles. The number of aryl methyl sites for hydroxylation is 2. The topological polar surface area (TPSA) is 100 Å². The number of aromatic nitrogens is 2. The number of hydrogen-bond acceptors (Lipinski definition) is 6. The fraction of sp³-hybridized carbons (Fsp3) is 0.375. The molecule has 0 aliphatic carbocycles. The Morgan fingerprint density at radius 3 is 1.28 bits per heavy atom. The Labute approximate surface area is 369 Å². The van der Waals surface area contributed by atoms with Crippen molar-refractivity contribution < 1.29 is 33.3 Å². The third-order valence-corrected chi connectivity index (χ3v) is 12.4. The predicted octanol–water partition coefficient (Wildman–Crippen LogP) is 9.64. The normalized spacial score (nSPS) is 16.3. The first-order valence-electron chi connectivity index (χ1n) is 20.3. The molecule has 61 heavy (non-hydrogen) atoms. The third-order valence-electron chi connectivity index (χ3n) is 12.4. The molecule has 0 radical (unpaired) electrons. The van der Waals surface area contributed by atoms with Gasteiger partial charge in [-0.15, -0.1) is 24.8 Å². The zero-order chi connectivity index (χ0) is 41.1. The van der Waals surface area contributed by atoms with Gasteiger partial charge in [-0.1, -0.05) is 0 Å². The van der Waals surface area contributed by atoms with E-state index in [-0.39, 0.29) is 53.5 Å². The van der Waals surface area contributed by atoms with Crippen LogP contribution in [0.25, 0.3) is 21.8 Å². The van der Waals surface area contributed by atoms with Crippen LogP contribution in [0.2, 0.25) is 0 Å². The summed E-state index contributed by atoms with van der Waals surface area (Å²) in [7, 11) is 7.54. The molecule has 0 amide bonds. The molecule has 0 bridgehead atoms. The smallest absolute Gasteiger partial charge is 0.195 e. The third kappa shape index (κ3) is 10.3. The first kappa shape index (κ1) is 48.9. The molecule has 2 aliphatic rings. The van der Waals surface area contributed by atoms with Crippen molar-refractivity contribution in [3.8, 4) is 11.5 Å². The van der Waals surface area contributed by atoms with E-state index in [1.165, 1.54) is 49.9 Å². The maximum absolute atomic E-state index is 14.1. The summed E-state index contributed by atoms with van der Waals surface area (Å²) in [6.07, 6.45) is 6.93. The number of likely N-dealkylation sites (tertiary alicyclic amines) is 2. The molecular weight excluding hydrogens is 821 g/mol. The second kappa shape index (κ2) is 21.3. The number of hydrogen-bond donors (Lipinski definition) is 0. The van der Waals surface area contributed by atoms with Gasteiger partial charge in [0.15, 0.2) is 11.6 Å². The summed E-state index contributed by atoms with van der Waals surface area (Å²) in [5.41, 5.74) is 5.95. The average molecular weight is 880 g/mol. The van der Waals surface area contributed by atoms with Gasteiger partial charge in [-0.05, 0) is 164 Å². The van der Waals surface area contributed by atoms with Crippen molar-refractivity contribution in [3.63, 3.8) is 0 Å². The van der Waals surface area contributed by atoms with E-state index < -0.39 is 0 Å². The molecule has 6 aromatic rings. The molecule has 0 spiro atoms. The van der Waals surface area contributed by atoms with Crippen LogP contribution in [0.1, 0.15) is 81.8 Å². The van der Waals surface area contributed by atoms with Gasteiger partial charge in [-0.25, -0.2) is 8.78 Å². The van der Waals surface area contributed by atoms with Crippen LogP contribution >= 0.6 is 24.8 Å². The Balaban J connectivity index is 0.000000256. The van der Waals surface area contributed by atoms with Crippen LogP contribution in [0.3, 0.4) is 0 Å². The minimum atomic E-state index is -0.325. The summed E-state index contributed by atoms with van der Waals surface area (Å²) in [5, 5.41) is 1.37. The Hall–Kier alpha value is -4.78. The first-order valence-corrected chi connectivity index (χ1v) is 20.3. The number of methoxy groups -OCH3 is 2. The van der Waals surface area contributed by atoms with Crippen molar-refractivity contribution in [2.75, 3.05) is 41.4 Å². The number of benzene rings is 4. The van der Waals surface area contributed by atoms with Gasteiger partial charge in [0.05, 0.1) is 25.3 Å². The molecule has 0 saturated carbocycles. The summed E-state index contributed by atoms with van der Waals surface area (Å²) in [6.45, 7) is 7.85. The highest BCUT2D eigenvalue weighted by Crippen LogP contribution is 2.33. The van der Waals surface area contributed by atoms with Crippen LogP contribution < -0.4 is 9.47 Å². The van der Waals surface area contributed by atoms with Crippen LogP contribution in [0.4, 0.5) is 8.78 Å². The van der Waals surface area contributed by atoms with Gasteiger partial charge in [0.25, 0.3) is 0 Å². The highest BCUT2D eigenvalue weighted by atomic mass is 35.5.